The predicted molar refractivity (Wildman–Crippen MR) is 88.4 cm³/mol. The zero-order chi connectivity index (χ0) is 15.4. The van der Waals surface area contributed by atoms with Gasteiger partial charge in [-0.2, -0.15) is 0 Å². The van der Waals surface area contributed by atoms with Crippen LogP contribution in [0.1, 0.15) is 22.5 Å². The van der Waals surface area contributed by atoms with Crippen molar-refractivity contribution in [1.29, 1.82) is 0 Å². The molecule has 114 valence electrons. The van der Waals surface area contributed by atoms with Crippen LogP contribution in [0.4, 0.5) is 11.4 Å². The summed E-state index contributed by atoms with van der Waals surface area (Å²) in [5, 5.41) is 10.7. The first-order valence-corrected chi connectivity index (χ1v) is 8.09. The highest BCUT2D eigenvalue weighted by Gasteiger charge is 2.21. The monoisotopic (exact) mass is 315 g/mol. The third-order valence-electron chi connectivity index (χ3n) is 3.51. The lowest BCUT2D eigenvalue weighted by Gasteiger charge is -2.12. The molecule has 2 aromatic rings. The van der Waals surface area contributed by atoms with Gasteiger partial charge in [-0.05, 0) is 49.0 Å². The Kier molecular flexibility index (Phi) is 4.50. The summed E-state index contributed by atoms with van der Waals surface area (Å²) >= 11 is 1.39. The van der Waals surface area contributed by atoms with Crippen LogP contribution >= 0.6 is 11.3 Å². The number of rotatable bonds is 4. The molecule has 5 nitrogen and oxygen atoms in total. The number of nitrogens with one attached hydrogen (secondary N) is 3. The first kappa shape index (κ1) is 14.7. The van der Waals surface area contributed by atoms with E-state index in [9.17, 15) is 9.59 Å². The zero-order valence-corrected chi connectivity index (χ0v) is 12.8. The van der Waals surface area contributed by atoms with E-state index in [2.05, 4.69) is 16.0 Å². The third-order valence-corrected chi connectivity index (χ3v) is 4.38. The molecule has 2 amide bonds. The quantitative estimate of drug-likeness (QED) is 0.812. The molecular weight excluding hydrogens is 298 g/mol. The van der Waals surface area contributed by atoms with Crippen molar-refractivity contribution < 1.29 is 9.59 Å². The molecule has 0 unspecified atom stereocenters. The van der Waals surface area contributed by atoms with Crippen molar-refractivity contribution in [2.45, 2.75) is 18.9 Å². The highest BCUT2D eigenvalue weighted by atomic mass is 32.1. The molecule has 1 aromatic carbocycles. The van der Waals surface area contributed by atoms with E-state index in [0.29, 0.717) is 16.3 Å². The van der Waals surface area contributed by atoms with E-state index < -0.39 is 0 Å². The summed E-state index contributed by atoms with van der Waals surface area (Å²) in [7, 11) is 0. The lowest BCUT2D eigenvalue weighted by molar-refractivity contribution is -0.117. The Morgan fingerprint density at radius 3 is 2.64 bits per heavy atom. The Hall–Kier alpha value is -2.18. The van der Waals surface area contributed by atoms with E-state index in [0.717, 1.165) is 19.4 Å². The molecule has 1 fully saturated rings. The van der Waals surface area contributed by atoms with E-state index in [1.165, 1.54) is 11.3 Å². The van der Waals surface area contributed by atoms with Gasteiger partial charge in [-0.1, -0.05) is 12.1 Å². The lowest BCUT2D eigenvalue weighted by Crippen LogP contribution is -2.35. The Morgan fingerprint density at radius 2 is 1.95 bits per heavy atom. The van der Waals surface area contributed by atoms with Gasteiger partial charge in [0.1, 0.15) is 0 Å². The molecule has 0 saturated carbocycles. The van der Waals surface area contributed by atoms with Crippen LogP contribution in [0.5, 0.6) is 0 Å². The number of benzene rings is 1. The minimum Gasteiger partial charge on any atom is -0.325 e. The van der Waals surface area contributed by atoms with Gasteiger partial charge in [-0.15, -0.1) is 11.3 Å². The van der Waals surface area contributed by atoms with Crippen LogP contribution < -0.4 is 16.0 Å². The topological polar surface area (TPSA) is 70.2 Å². The smallest absolute Gasteiger partial charge is 0.265 e. The molecule has 0 radical (unpaired) electrons. The van der Waals surface area contributed by atoms with Gasteiger partial charge in [0.15, 0.2) is 0 Å². The number of carbonyl (C=O) groups excluding carboxylic acids is 2. The summed E-state index contributed by atoms with van der Waals surface area (Å²) in [5.41, 5.74) is 1.35. The fourth-order valence-electron chi connectivity index (χ4n) is 2.41. The van der Waals surface area contributed by atoms with Crippen LogP contribution in [0.2, 0.25) is 0 Å². The summed E-state index contributed by atoms with van der Waals surface area (Å²) in [6.45, 7) is 0.884. The Bertz CT molecular complexity index is 664. The standard InChI is InChI=1S/C16H17N3O2S/c20-15(13-6-2-8-17-13)18-11-4-1-5-12(10-11)19-16(21)14-7-3-9-22-14/h1,3-5,7,9-10,13,17H,2,6,8H2,(H,18,20)(H,19,21)/t13-/m0/s1. The van der Waals surface area contributed by atoms with Crippen LogP contribution in [-0.2, 0) is 4.79 Å². The van der Waals surface area contributed by atoms with Crippen LogP contribution in [0, 0.1) is 0 Å². The molecule has 1 aliphatic rings. The van der Waals surface area contributed by atoms with Crippen LogP contribution in [0.15, 0.2) is 41.8 Å². The van der Waals surface area contributed by atoms with Gasteiger partial charge in [0.05, 0.1) is 10.9 Å². The van der Waals surface area contributed by atoms with Gasteiger partial charge >= 0.3 is 0 Å². The molecule has 2 heterocycles. The van der Waals surface area contributed by atoms with Crippen molar-refractivity contribution in [3.63, 3.8) is 0 Å². The fraction of sp³-hybridized carbons (Fsp3) is 0.250. The van der Waals surface area contributed by atoms with E-state index >= 15 is 0 Å². The lowest BCUT2D eigenvalue weighted by atomic mass is 10.2. The van der Waals surface area contributed by atoms with Crippen LogP contribution in [-0.4, -0.2) is 24.4 Å². The summed E-state index contributed by atoms with van der Waals surface area (Å²) in [6.07, 6.45) is 1.88. The van der Waals surface area contributed by atoms with Crippen molar-refractivity contribution in [1.82, 2.24) is 5.32 Å². The van der Waals surface area contributed by atoms with Gasteiger partial charge in [-0.25, -0.2) is 0 Å². The van der Waals surface area contributed by atoms with Gasteiger partial charge in [0.25, 0.3) is 5.91 Å². The molecule has 22 heavy (non-hydrogen) atoms. The first-order chi connectivity index (χ1) is 10.7. The highest BCUT2D eigenvalue weighted by molar-refractivity contribution is 7.12. The Labute approximate surface area is 132 Å². The van der Waals surface area contributed by atoms with Gasteiger partial charge in [0.2, 0.25) is 5.91 Å². The summed E-state index contributed by atoms with van der Waals surface area (Å²) in [4.78, 5) is 24.8. The fourth-order valence-corrected chi connectivity index (χ4v) is 3.03. The van der Waals surface area contributed by atoms with Gasteiger partial charge < -0.3 is 16.0 Å². The van der Waals surface area contributed by atoms with Crippen LogP contribution in [0.3, 0.4) is 0 Å². The normalized spacial score (nSPS) is 17.2. The second-order valence-electron chi connectivity index (χ2n) is 5.15. The minimum atomic E-state index is -0.143. The summed E-state index contributed by atoms with van der Waals surface area (Å²) < 4.78 is 0. The number of carbonyl (C=O) groups is 2. The summed E-state index contributed by atoms with van der Waals surface area (Å²) in [6, 6.07) is 10.7. The molecule has 6 heteroatoms. The average molecular weight is 315 g/mol. The predicted octanol–water partition coefficient (Wildman–Crippen LogP) is 2.69. The second-order valence-corrected chi connectivity index (χ2v) is 6.10. The number of hydrogen-bond acceptors (Lipinski definition) is 4. The van der Waals surface area contributed by atoms with E-state index in [4.69, 9.17) is 0 Å². The number of anilines is 2. The molecule has 0 aliphatic carbocycles. The van der Waals surface area contributed by atoms with Crippen LogP contribution in [0.25, 0.3) is 0 Å². The highest BCUT2D eigenvalue weighted by Crippen LogP contribution is 2.18. The maximum atomic E-state index is 12.1. The van der Waals surface area contributed by atoms with E-state index in [-0.39, 0.29) is 17.9 Å². The molecular formula is C16H17N3O2S. The maximum absolute atomic E-state index is 12.1. The Balaban J connectivity index is 1.64. The molecule has 0 spiro atoms. The molecule has 3 rings (SSSR count). The molecule has 1 saturated heterocycles. The average Bonchev–Trinajstić information content (AvgIpc) is 3.21. The van der Waals surface area contributed by atoms with Gasteiger partial charge in [0, 0.05) is 11.4 Å². The number of amides is 2. The van der Waals surface area contributed by atoms with Crippen molar-refractivity contribution in [3.8, 4) is 0 Å². The van der Waals surface area contributed by atoms with Crippen molar-refractivity contribution in [3.05, 3.63) is 46.7 Å². The first-order valence-electron chi connectivity index (χ1n) is 7.21. The van der Waals surface area contributed by atoms with Crippen molar-refractivity contribution in [2.24, 2.45) is 0 Å². The molecule has 3 N–H and O–H groups in total. The minimum absolute atomic E-state index is 0.0285. The third kappa shape index (κ3) is 3.52. The maximum Gasteiger partial charge on any atom is 0.265 e. The Morgan fingerprint density at radius 1 is 1.14 bits per heavy atom. The summed E-state index contributed by atoms with van der Waals surface area (Å²) in [5.74, 6) is -0.171. The molecule has 1 atom stereocenters. The van der Waals surface area contributed by atoms with E-state index in [1.807, 2.05) is 23.6 Å². The van der Waals surface area contributed by atoms with E-state index in [1.54, 1.807) is 18.2 Å². The SMILES string of the molecule is O=C(Nc1cccc(NC(=O)[C@@H]2CCCN2)c1)c1cccs1. The van der Waals surface area contributed by atoms with Crippen molar-refractivity contribution >= 4 is 34.5 Å². The second kappa shape index (κ2) is 6.72. The number of thiophene rings is 1. The molecule has 1 aliphatic heterocycles. The molecule has 1 aromatic heterocycles. The zero-order valence-electron chi connectivity index (χ0n) is 12.0. The number of hydrogen-bond donors (Lipinski definition) is 3. The van der Waals surface area contributed by atoms with Gasteiger partial charge in [-0.3, -0.25) is 9.59 Å². The van der Waals surface area contributed by atoms with Crippen molar-refractivity contribution in [2.75, 3.05) is 17.2 Å². The largest absolute Gasteiger partial charge is 0.325 e. The molecule has 0 bridgehead atoms.